The van der Waals surface area contributed by atoms with Crippen molar-refractivity contribution in [1.29, 1.82) is 0 Å². The zero-order valence-electron chi connectivity index (χ0n) is 4.43. The molecule has 1 radical (unpaired) electrons. The second-order valence-electron chi connectivity index (χ2n) is 1.56. The highest BCUT2D eigenvalue weighted by Gasteiger charge is 1.95. The summed E-state index contributed by atoms with van der Waals surface area (Å²) in [5, 5.41) is 10.2. The molecule has 0 spiro atoms. The Bertz CT molecular complexity index is 28.5. The van der Waals surface area contributed by atoms with Crippen LogP contribution >= 0.6 is 0 Å². The van der Waals surface area contributed by atoms with Gasteiger partial charge < -0.3 is 0 Å². The van der Waals surface area contributed by atoms with Crippen molar-refractivity contribution < 1.29 is 5.11 Å². The SMILES string of the molecule is CC([O])N(C)C. The maximum absolute atomic E-state index is 10.2. The van der Waals surface area contributed by atoms with E-state index >= 15 is 0 Å². The third-order valence-electron chi connectivity index (χ3n) is 0.727. The Kier molecular flexibility index (Phi) is 2.13. The molecular formula is C4H10NO. The van der Waals surface area contributed by atoms with E-state index in [1.54, 1.807) is 25.9 Å². The fourth-order valence-corrected chi connectivity index (χ4v) is 0. The topological polar surface area (TPSA) is 23.1 Å². The molecule has 0 N–H and O–H groups in total. The summed E-state index contributed by atoms with van der Waals surface area (Å²) < 4.78 is 0. The van der Waals surface area contributed by atoms with Gasteiger partial charge in [0.2, 0.25) is 0 Å². The van der Waals surface area contributed by atoms with E-state index in [0.717, 1.165) is 0 Å². The molecular weight excluding hydrogens is 78.0 g/mol. The van der Waals surface area contributed by atoms with Gasteiger partial charge >= 0.3 is 0 Å². The molecule has 0 aromatic carbocycles. The van der Waals surface area contributed by atoms with Crippen LogP contribution in [-0.4, -0.2) is 25.2 Å². The molecule has 1 atom stereocenters. The van der Waals surface area contributed by atoms with Gasteiger partial charge in [-0.25, -0.2) is 5.11 Å². The first kappa shape index (κ1) is 5.92. The summed E-state index contributed by atoms with van der Waals surface area (Å²) in [4.78, 5) is 1.61. The Morgan fingerprint density at radius 3 is 1.67 bits per heavy atom. The second kappa shape index (κ2) is 2.16. The van der Waals surface area contributed by atoms with Crippen molar-refractivity contribution in [2.24, 2.45) is 0 Å². The van der Waals surface area contributed by atoms with E-state index in [-0.39, 0.29) is 0 Å². The van der Waals surface area contributed by atoms with Gasteiger partial charge in [0.15, 0.2) is 0 Å². The van der Waals surface area contributed by atoms with E-state index in [0.29, 0.717) is 0 Å². The van der Waals surface area contributed by atoms with Gasteiger partial charge in [-0.1, -0.05) is 0 Å². The molecule has 2 heteroatoms. The van der Waals surface area contributed by atoms with Crippen LogP contribution in [0.3, 0.4) is 0 Å². The molecule has 0 saturated carbocycles. The van der Waals surface area contributed by atoms with Crippen LogP contribution < -0.4 is 0 Å². The first-order valence-corrected chi connectivity index (χ1v) is 1.97. The Labute approximate surface area is 38.4 Å². The molecule has 2 nitrogen and oxygen atoms in total. The zero-order valence-corrected chi connectivity index (χ0v) is 4.43. The van der Waals surface area contributed by atoms with Crippen LogP contribution in [0.5, 0.6) is 0 Å². The second-order valence-corrected chi connectivity index (χ2v) is 1.56. The van der Waals surface area contributed by atoms with Crippen molar-refractivity contribution in [3.8, 4) is 0 Å². The minimum atomic E-state index is -0.565. The fraction of sp³-hybridized carbons (Fsp3) is 1.00. The molecule has 0 fully saturated rings. The molecule has 0 aromatic rings. The van der Waals surface area contributed by atoms with Gasteiger partial charge in [0, 0.05) is 0 Å². The largest absolute Gasteiger partial charge is 0.282 e. The predicted octanol–water partition coefficient (Wildman–Crippen LogP) is 0.325. The average Bonchev–Trinajstić information content (AvgIpc) is 1.36. The number of rotatable bonds is 1. The zero-order chi connectivity index (χ0) is 5.15. The third-order valence-corrected chi connectivity index (χ3v) is 0.727. The van der Waals surface area contributed by atoms with Gasteiger partial charge in [0.1, 0.15) is 6.23 Å². The maximum atomic E-state index is 10.2. The maximum Gasteiger partial charge on any atom is 0.142 e. The van der Waals surface area contributed by atoms with Crippen LogP contribution in [0.1, 0.15) is 6.92 Å². The van der Waals surface area contributed by atoms with Gasteiger partial charge in [-0.15, -0.1) is 0 Å². The van der Waals surface area contributed by atoms with E-state index in [1.807, 2.05) is 0 Å². The van der Waals surface area contributed by atoms with Crippen molar-refractivity contribution in [3.63, 3.8) is 0 Å². The van der Waals surface area contributed by atoms with Gasteiger partial charge in [0.25, 0.3) is 0 Å². The van der Waals surface area contributed by atoms with Gasteiger partial charge in [-0.3, -0.25) is 4.90 Å². The molecule has 0 rings (SSSR count). The highest BCUT2D eigenvalue weighted by molar-refractivity contribution is 4.35. The lowest BCUT2D eigenvalue weighted by molar-refractivity contribution is -0.00478. The first-order valence-electron chi connectivity index (χ1n) is 1.97. The third kappa shape index (κ3) is 2.18. The molecule has 0 aliphatic heterocycles. The molecule has 0 heterocycles. The minimum absolute atomic E-state index is 0.565. The van der Waals surface area contributed by atoms with E-state index in [9.17, 15) is 5.11 Å². The Balaban J connectivity index is 2.99. The summed E-state index contributed by atoms with van der Waals surface area (Å²) in [5.41, 5.74) is 0. The highest BCUT2D eigenvalue weighted by Crippen LogP contribution is 1.81. The molecule has 6 heavy (non-hydrogen) atoms. The van der Waals surface area contributed by atoms with Crippen LogP contribution in [0.2, 0.25) is 0 Å². The van der Waals surface area contributed by atoms with Gasteiger partial charge in [-0.2, -0.15) is 0 Å². The van der Waals surface area contributed by atoms with E-state index in [4.69, 9.17) is 0 Å². The Morgan fingerprint density at radius 2 is 1.67 bits per heavy atom. The highest BCUT2D eigenvalue weighted by atomic mass is 16.3. The lowest BCUT2D eigenvalue weighted by Gasteiger charge is -2.08. The molecule has 0 aliphatic rings. The summed E-state index contributed by atoms with van der Waals surface area (Å²) in [7, 11) is 3.52. The molecule has 0 aromatic heterocycles. The molecule has 0 saturated heterocycles. The lowest BCUT2D eigenvalue weighted by Crippen LogP contribution is -2.21. The van der Waals surface area contributed by atoms with Crippen LogP contribution in [0, 0.1) is 0 Å². The van der Waals surface area contributed by atoms with Crippen molar-refractivity contribution in [2.45, 2.75) is 13.2 Å². The number of hydrogen-bond acceptors (Lipinski definition) is 1. The van der Waals surface area contributed by atoms with E-state index in [2.05, 4.69) is 0 Å². The molecule has 0 aliphatic carbocycles. The van der Waals surface area contributed by atoms with Crippen molar-refractivity contribution >= 4 is 0 Å². The van der Waals surface area contributed by atoms with E-state index in [1.165, 1.54) is 0 Å². The molecule has 37 valence electrons. The summed E-state index contributed by atoms with van der Waals surface area (Å²) in [6, 6.07) is 0. The summed E-state index contributed by atoms with van der Waals surface area (Å²) in [5.74, 6) is 0. The predicted molar refractivity (Wildman–Crippen MR) is 23.8 cm³/mol. The van der Waals surface area contributed by atoms with Crippen molar-refractivity contribution in [2.75, 3.05) is 14.1 Å². The van der Waals surface area contributed by atoms with Crippen LogP contribution in [-0.2, 0) is 5.11 Å². The van der Waals surface area contributed by atoms with Gasteiger partial charge in [0.05, 0.1) is 0 Å². The van der Waals surface area contributed by atoms with Gasteiger partial charge in [-0.05, 0) is 21.0 Å². The molecule has 0 bridgehead atoms. The Morgan fingerprint density at radius 1 is 1.50 bits per heavy atom. The number of nitrogens with zero attached hydrogens (tertiary/aromatic N) is 1. The smallest absolute Gasteiger partial charge is 0.142 e. The van der Waals surface area contributed by atoms with E-state index < -0.39 is 6.23 Å². The molecule has 0 amide bonds. The molecule has 1 unspecified atom stereocenters. The number of hydrogen-bond donors (Lipinski definition) is 0. The van der Waals surface area contributed by atoms with Crippen molar-refractivity contribution in [3.05, 3.63) is 0 Å². The summed E-state index contributed by atoms with van der Waals surface area (Å²) in [6.45, 7) is 1.61. The van der Waals surface area contributed by atoms with Crippen molar-refractivity contribution in [1.82, 2.24) is 4.90 Å². The monoisotopic (exact) mass is 88.1 g/mol. The fourth-order valence-electron chi connectivity index (χ4n) is 0. The van der Waals surface area contributed by atoms with Crippen LogP contribution in [0.25, 0.3) is 0 Å². The summed E-state index contributed by atoms with van der Waals surface area (Å²) in [6.07, 6.45) is -0.565. The minimum Gasteiger partial charge on any atom is -0.282 e. The first-order chi connectivity index (χ1) is 2.64. The van der Waals surface area contributed by atoms with Crippen LogP contribution in [0.15, 0.2) is 0 Å². The average molecular weight is 88.1 g/mol. The Hall–Kier alpha value is -0.0800. The van der Waals surface area contributed by atoms with Crippen LogP contribution in [0.4, 0.5) is 0 Å². The standard InChI is InChI=1S/C4H10NO/c1-4(6)5(2)3/h4H,1-3H3. The lowest BCUT2D eigenvalue weighted by atomic mass is 10.6. The normalized spacial score (nSPS) is 15.5. The quantitative estimate of drug-likeness (QED) is 0.423. The summed E-state index contributed by atoms with van der Waals surface area (Å²) >= 11 is 0.